The first-order valence-electron chi connectivity index (χ1n) is 7.52. The van der Waals surface area contributed by atoms with Gasteiger partial charge in [0.25, 0.3) is 0 Å². The fourth-order valence-corrected chi connectivity index (χ4v) is 2.64. The van der Waals surface area contributed by atoms with Gasteiger partial charge in [0, 0.05) is 0 Å². The second kappa shape index (κ2) is 9.37. The van der Waals surface area contributed by atoms with Crippen LogP contribution >= 0.6 is 0 Å². The normalized spacial score (nSPS) is 18.6. The van der Waals surface area contributed by atoms with Gasteiger partial charge in [-0.15, -0.1) is 0 Å². The molecule has 6 heteroatoms. The molecule has 0 saturated heterocycles. The first-order chi connectivity index (χ1) is 9.29. The molecule has 1 aliphatic rings. The Morgan fingerprint density at radius 1 is 1.10 bits per heavy atom. The average molecular weight is 293 g/mol. The average Bonchev–Trinajstić information content (AvgIpc) is 2.23. The van der Waals surface area contributed by atoms with Crippen molar-refractivity contribution in [2.75, 3.05) is 0 Å². The van der Waals surface area contributed by atoms with Gasteiger partial charge < -0.3 is 15.2 Å². The van der Waals surface area contributed by atoms with Gasteiger partial charge in [0.2, 0.25) is 0 Å². The number of ether oxygens (including phenoxy) is 1. The zero-order valence-electron chi connectivity index (χ0n) is 12.8. The molecule has 0 aromatic heterocycles. The molecule has 5 nitrogen and oxygen atoms in total. The van der Waals surface area contributed by atoms with E-state index >= 15 is 0 Å². The summed E-state index contributed by atoms with van der Waals surface area (Å²) in [7, 11) is 0. The van der Waals surface area contributed by atoms with Gasteiger partial charge in [-0.05, 0) is 39.5 Å². The molecular weight excluding hydrogens is 265 g/mol. The summed E-state index contributed by atoms with van der Waals surface area (Å²) < 4.78 is 5.15. The van der Waals surface area contributed by atoms with E-state index in [1.807, 2.05) is 0 Å². The second-order valence-electron chi connectivity index (χ2n) is 6.57. The van der Waals surface area contributed by atoms with Gasteiger partial charge in [-0.3, -0.25) is 0 Å². The van der Waals surface area contributed by atoms with Crippen molar-refractivity contribution >= 4 is 30.9 Å². The molecule has 0 heterocycles. The Balaban J connectivity index is 0.00000400. The number of hydrogen-bond acceptors (Lipinski definition) is 3. The number of carbonyl (C=O) groups is 2. The van der Waals surface area contributed by atoms with Gasteiger partial charge in [-0.2, -0.15) is 0 Å². The van der Waals surface area contributed by atoms with Crippen LogP contribution in [0.5, 0.6) is 0 Å². The van der Waals surface area contributed by atoms with Gasteiger partial charge in [-0.1, -0.05) is 32.1 Å². The first-order valence-corrected chi connectivity index (χ1v) is 7.52. The van der Waals surface area contributed by atoms with E-state index in [4.69, 9.17) is 4.74 Å². The van der Waals surface area contributed by atoms with Crippen molar-refractivity contribution in [1.82, 2.24) is 5.32 Å². The Bertz CT molecular complexity index is 333. The second-order valence-corrected chi connectivity index (χ2v) is 6.57. The molecule has 1 rings (SSSR count). The van der Waals surface area contributed by atoms with Gasteiger partial charge in [0.15, 0.2) is 0 Å². The van der Waals surface area contributed by atoms with E-state index in [9.17, 15) is 14.7 Å². The monoisotopic (exact) mass is 293 g/mol. The molecule has 0 radical (unpaired) electrons. The van der Waals surface area contributed by atoms with Crippen LogP contribution in [0.4, 0.5) is 4.79 Å². The Hall–Kier alpha value is -0.663. The van der Waals surface area contributed by atoms with E-state index in [0.29, 0.717) is 0 Å². The molecule has 1 atom stereocenters. The van der Waals surface area contributed by atoms with Crippen molar-refractivity contribution in [3.8, 4) is 0 Å². The molecule has 1 fully saturated rings. The van der Waals surface area contributed by atoms with Crippen LogP contribution in [0.25, 0.3) is 0 Å². The molecule has 1 unspecified atom stereocenters. The maximum atomic E-state index is 11.8. The van der Waals surface area contributed by atoms with Crippen molar-refractivity contribution < 1.29 is 19.4 Å². The third-order valence-corrected chi connectivity index (χ3v) is 3.56. The fourth-order valence-electron chi connectivity index (χ4n) is 2.64. The fraction of sp³-hybridized carbons (Fsp3) is 0.867. The molecule has 0 aromatic rings. The first kappa shape index (κ1) is 20.3. The molecule has 1 aliphatic carbocycles. The van der Waals surface area contributed by atoms with Crippen LogP contribution in [0.3, 0.4) is 0 Å². The number of aliphatic carboxylic acids is 1. The number of alkyl carbamates (subject to hydrolysis) is 1. The van der Waals surface area contributed by atoms with E-state index in [0.717, 1.165) is 38.5 Å². The standard InChI is InChI=1S/C15H27NO4.Li.H/c1-15(2,3)20-14(19)16-12(13(17)18)11-9-7-5-4-6-8-10-11;;/h11-12H,4-10H2,1-3H3,(H,16,19)(H,17,18);;. The Morgan fingerprint density at radius 3 is 2.00 bits per heavy atom. The van der Waals surface area contributed by atoms with Gasteiger partial charge >= 0.3 is 30.9 Å². The minimum atomic E-state index is -0.971. The molecule has 1 saturated carbocycles. The topological polar surface area (TPSA) is 75.6 Å². The van der Waals surface area contributed by atoms with Crippen molar-refractivity contribution in [2.45, 2.75) is 77.4 Å². The predicted octanol–water partition coefficient (Wildman–Crippen LogP) is 2.68. The number of carboxylic acid groups (broad SMARTS) is 1. The van der Waals surface area contributed by atoms with Crippen LogP contribution in [0.1, 0.15) is 65.7 Å². The third-order valence-electron chi connectivity index (χ3n) is 3.56. The number of carboxylic acids is 1. The number of carbonyl (C=O) groups excluding carboxylic acids is 1. The van der Waals surface area contributed by atoms with Crippen molar-refractivity contribution in [3.63, 3.8) is 0 Å². The summed E-state index contributed by atoms with van der Waals surface area (Å²) in [6, 6.07) is -0.844. The summed E-state index contributed by atoms with van der Waals surface area (Å²) in [6.45, 7) is 5.29. The van der Waals surface area contributed by atoms with Crippen LogP contribution < -0.4 is 5.32 Å². The van der Waals surface area contributed by atoms with Gasteiger partial charge in [-0.25, -0.2) is 9.59 Å². The quantitative estimate of drug-likeness (QED) is 0.784. The molecule has 1 amide bonds. The summed E-state index contributed by atoms with van der Waals surface area (Å²) in [5, 5.41) is 11.9. The molecule has 0 bridgehead atoms. The van der Waals surface area contributed by atoms with Crippen LogP contribution in [-0.4, -0.2) is 47.7 Å². The number of hydrogen-bond donors (Lipinski definition) is 2. The summed E-state index contributed by atoms with van der Waals surface area (Å²) in [5.74, 6) is -0.971. The molecule has 2 N–H and O–H groups in total. The molecular formula is C15H28LiNO4. The third kappa shape index (κ3) is 8.38. The molecule has 21 heavy (non-hydrogen) atoms. The van der Waals surface area contributed by atoms with Crippen LogP contribution in [0.2, 0.25) is 0 Å². The van der Waals surface area contributed by atoms with Gasteiger partial charge in [0.05, 0.1) is 0 Å². The summed E-state index contributed by atoms with van der Waals surface area (Å²) in [4.78, 5) is 23.2. The Morgan fingerprint density at radius 2 is 1.57 bits per heavy atom. The molecule has 0 spiro atoms. The summed E-state index contributed by atoms with van der Waals surface area (Å²) in [6.07, 6.45) is 6.65. The van der Waals surface area contributed by atoms with E-state index in [1.54, 1.807) is 20.8 Å². The molecule has 118 valence electrons. The van der Waals surface area contributed by atoms with Crippen molar-refractivity contribution in [3.05, 3.63) is 0 Å². The van der Waals surface area contributed by atoms with E-state index in [1.165, 1.54) is 6.42 Å². The zero-order chi connectivity index (χ0) is 15.2. The van der Waals surface area contributed by atoms with Gasteiger partial charge in [0.1, 0.15) is 11.6 Å². The zero-order valence-corrected chi connectivity index (χ0v) is 12.8. The molecule has 0 aliphatic heterocycles. The van der Waals surface area contributed by atoms with Crippen LogP contribution in [-0.2, 0) is 9.53 Å². The maximum absolute atomic E-state index is 11.8. The van der Waals surface area contributed by atoms with Crippen LogP contribution in [0.15, 0.2) is 0 Å². The van der Waals surface area contributed by atoms with E-state index < -0.39 is 23.7 Å². The predicted molar refractivity (Wildman–Crippen MR) is 83.8 cm³/mol. The summed E-state index contributed by atoms with van der Waals surface area (Å²) >= 11 is 0. The van der Waals surface area contributed by atoms with Crippen molar-refractivity contribution in [2.24, 2.45) is 5.92 Å². The van der Waals surface area contributed by atoms with Crippen molar-refractivity contribution in [1.29, 1.82) is 0 Å². The SMILES string of the molecule is CC(C)(C)OC(=O)NC(C(=O)O)C1CCCCCCC1.[LiH]. The Kier molecular flexibility index (Phi) is 9.08. The number of rotatable bonds is 3. The van der Waals surface area contributed by atoms with E-state index in [-0.39, 0.29) is 24.8 Å². The van der Waals surface area contributed by atoms with Crippen LogP contribution in [0, 0.1) is 5.92 Å². The number of amides is 1. The summed E-state index contributed by atoms with van der Waals surface area (Å²) in [5.41, 5.74) is -0.617. The minimum absolute atomic E-state index is 0. The number of nitrogens with one attached hydrogen (secondary N) is 1. The Labute approximate surface area is 139 Å². The van der Waals surface area contributed by atoms with E-state index in [2.05, 4.69) is 5.32 Å². The molecule has 0 aromatic carbocycles.